The molecular formula is C58H73N3O12P2S. The Morgan fingerprint density at radius 2 is 1.47 bits per heavy atom. The number of amides is 2. The molecule has 5 aromatic rings. The average molecular weight is 1100 g/mol. The molecule has 7 rings (SSSR count). The van der Waals surface area contributed by atoms with Crippen molar-refractivity contribution in [1.82, 2.24) is 10.6 Å². The number of carbonyl (C=O) groups is 2. The van der Waals surface area contributed by atoms with Crippen LogP contribution in [0.4, 0.5) is 5.69 Å². The molecule has 76 heavy (non-hydrogen) atoms. The molecule has 2 unspecified atom stereocenters. The molecule has 0 saturated heterocycles. The van der Waals surface area contributed by atoms with Crippen LogP contribution in [0.25, 0.3) is 27.1 Å². The summed E-state index contributed by atoms with van der Waals surface area (Å²) in [6.45, 7) is 14.4. The summed E-state index contributed by atoms with van der Waals surface area (Å²) >= 11 is 0. The van der Waals surface area contributed by atoms with Crippen molar-refractivity contribution in [3.05, 3.63) is 154 Å². The van der Waals surface area contributed by atoms with Crippen LogP contribution in [0.1, 0.15) is 112 Å². The smallest absolute Gasteiger partial charge is 0.341 e. The van der Waals surface area contributed by atoms with Crippen molar-refractivity contribution in [2.24, 2.45) is 11.8 Å². The van der Waals surface area contributed by atoms with Crippen molar-refractivity contribution >= 4 is 69.9 Å². The number of rotatable bonds is 23. The number of aryl methyl sites for hydroxylation is 1. The van der Waals surface area contributed by atoms with E-state index in [9.17, 15) is 51.3 Å². The van der Waals surface area contributed by atoms with E-state index in [0.717, 1.165) is 48.0 Å². The molecule has 0 saturated carbocycles. The fourth-order valence-electron chi connectivity index (χ4n) is 11.2. The first-order valence-corrected chi connectivity index (χ1v) is 31.0. The van der Waals surface area contributed by atoms with Gasteiger partial charge in [0.2, 0.25) is 5.91 Å². The SMILES string of the molecule is Cc1ccc2ccccc2c1C(C)(C)C(C)/C=C/C1=C(c2ccc(C(=O)NCCOCCNC(=O)CC(P(=O)(O)O)P(=O)(O)O)cc2)C(C/C=C2\N(CCCCS(=O)(=O)O)c3ccc4ccccc4c3C2(C)C)CCC1. The molecule has 408 valence electrons. The van der Waals surface area contributed by atoms with Crippen LogP contribution in [0.15, 0.2) is 127 Å². The molecular weight excluding hydrogens is 1020 g/mol. The molecule has 18 heteroatoms. The van der Waals surface area contributed by atoms with Crippen LogP contribution in [-0.4, -0.2) is 88.4 Å². The molecule has 0 fully saturated rings. The zero-order chi connectivity index (χ0) is 55.2. The van der Waals surface area contributed by atoms with Crippen LogP contribution in [0.5, 0.6) is 0 Å². The molecule has 7 N–H and O–H groups in total. The van der Waals surface area contributed by atoms with E-state index >= 15 is 0 Å². The standard InChI is InChI=1S/C58H73N3O12P2S/c1-39-20-22-41-14-7-9-18-47(41)54(39)57(3,4)40(2)21-23-43-16-13-17-44(29-31-50-58(5,6)55-48-19-10-8-15-42(48)28-30-49(55)61(50)34-11-12-37-76(70,71)72)53(43)45-24-26-46(27-25-45)56(63)60-33-36-73-35-32-59-51(62)38-52(74(64,65)66)75(67,68)69/h7-10,14-15,18-28,30-31,40,44,52H,11-13,16-17,29,32-38H2,1-6H3,(H,59,62)(H,60,63)(H2,64,65,66)(H2,67,68,69)(H,70,71,72)/b23-21+,50-31-. The Bertz CT molecular complexity index is 3230. The number of hydrogen-bond donors (Lipinski definition) is 7. The summed E-state index contributed by atoms with van der Waals surface area (Å²) in [5.74, 6) is -1.27. The van der Waals surface area contributed by atoms with E-state index in [0.29, 0.717) is 24.9 Å². The number of nitrogens with one attached hydrogen (secondary N) is 2. The van der Waals surface area contributed by atoms with Gasteiger partial charge in [-0.25, -0.2) is 0 Å². The maximum absolute atomic E-state index is 13.4. The molecule has 0 radical (unpaired) electrons. The lowest BCUT2D eigenvalue weighted by Crippen LogP contribution is -2.31. The van der Waals surface area contributed by atoms with Crippen molar-refractivity contribution in [2.75, 3.05) is 43.5 Å². The highest BCUT2D eigenvalue weighted by atomic mass is 32.2. The lowest BCUT2D eigenvalue weighted by Gasteiger charge is -2.34. The molecule has 0 spiro atoms. The van der Waals surface area contributed by atoms with Crippen LogP contribution in [0.3, 0.4) is 0 Å². The fraction of sp³-hybridized carbons (Fsp3) is 0.414. The molecule has 2 aliphatic rings. The van der Waals surface area contributed by atoms with Gasteiger partial charge < -0.3 is 39.8 Å². The van der Waals surface area contributed by atoms with E-state index in [2.05, 4.69) is 142 Å². The van der Waals surface area contributed by atoms with Crippen LogP contribution in [0.2, 0.25) is 0 Å². The van der Waals surface area contributed by atoms with Gasteiger partial charge in [-0.3, -0.25) is 23.3 Å². The summed E-state index contributed by atoms with van der Waals surface area (Å²) in [4.78, 5) is 65.1. The number of anilines is 1. The van der Waals surface area contributed by atoms with Crippen molar-refractivity contribution in [3.63, 3.8) is 0 Å². The van der Waals surface area contributed by atoms with Crippen LogP contribution in [0, 0.1) is 18.8 Å². The summed E-state index contributed by atoms with van der Waals surface area (Å²) in [7, 11) is -14.6. The molecule has 1 aliphatic carbocycles. The lowest BCUT2D eigenvalue weighted by atomic mass is 9.70. The van der Waals surface area contributed by atoms with Gasteiger partial charge >= 0.3 is 15.2 Å². The van der Waals surface area contributed by atoms with Gasteiger partial charge in [-0.1, -0.05) is 132 Å². The third-order valence-corrected chi connectivity index (χ3v) is 19.9. The predicted octanol–water partition coefficient (Wildman–Crippen LogP) is 10.7. The Kier molecular flexibility index (Phi) is 18.6. The van der Waals surface area contributed by atoms with Gasteiger partial charge in [-0.15, -0.1) is 0 Å². The number of ether oxygens (including phenoxy) is 1. The molecule has 2 amide bonds. The van der Waals surface area contributed by atoms with Gasteiger partial charge in [0.25, 0.3) is 16.0 Å². The number of carbonyl (C=O) groups excluding carboxylic acids is 2. The second kappa shape index (κ2) is 24.2. The van der Waals surface area contributed by atoms with E-state index in [4.69, 9.17) is 4.74 Å². The molecule has 0 bridgehead atoms. The lowest BCUT2D eigenvalue weighted by molar-refractivity contribution is -0.121. The molecule has 1 aliphatic heterocycles. The van der Waals surface area contributed by atoms with E-state index in [1.807, 2.05) is 30.3 Å². The number of unbranched alkanes of at least 4 members (excludes halogenated alkanes) is 1. The number of benzene rings is 5. The second-order valence-corrected chi connectivity index (χ2v) is 26.9. The fourth-order valence-corrected chi connectivity index (χ4v) is 14.1. The summed E-state index contributed by atoms with van der Waals surface area (Å²) in [5, 5.41) is 7.56. The highest BCUT2D eigenvalue weighted by molar-refractivity contribution is 7.85. The van der Waals surface area contributed by atoms with Crippen molar-refractivity contribution in [3.8, 4) is 0 Å². The quantitative estimate of drug-likeness (QED) is 0.0183. The summed E-state index contributed by atoms with van der Waals surface area (Å²) in [5.41, 5.74) is 9.46. The zero-order valence-electron chi connectivity index (χ0n) is 44.2. The number of allylic oxidation sites excluding steroid dienone is 6. The normalized spacial score (nSPS) is 17.3. The summed E-state index contributed by atoms with van der Waals surface area (Å²) in [6, 6.07) is 33.4. The minimum Gasteiger partial charge on any atom is -0.378 e. The number of nitrogens with zero attached hydrogens (tertiary/aromatic N) is 1. The Labute approximate surface area is 447 Å². The number of hydrogen-bond acceptors (Lipinski definition) is 8. The monoisotopic (exact) mass is 1100 g/mol. The average Bonchev–Trinajstić information content (AvgIpc) is 3.63. The van der Waals surface area contributed by atoms with E-state index < -0.39 is 43.0 Å². The maximum atomic E-state index is 13.4. The van der Waals surface area contributed by atoms with Gasteiger partial charge in [0.15, 0.2) is 5.40 Å². The second-order valence-electron chi connectivity index (χ2n) is 21.3. The first-order chi connectivity index (χ1) is 35.8. The number of fused-ring (bicyclic) bond motifs is 4. The van der Waals surface area contributed by atoms with Crippen molar-refractivity contribution < 1.29 is 56.0 Å². The van der Waals surface area contributed by atoms with Gasteiger partial charge in [0, 0.05) is 42.0 Å². The van der Waals surface area contributed by atoms with Crippen LogP contribution in [-0.2, 0) is 39.6 Å². The van der Waals surface area contributed by atoms with Crippen LogP contribution >= 0.6 is 15.2 Å². The summed E-state index contributed by atoms with van der Waals surface area (Å²) < 4.78 is 61.5. The highest BCUT2D eigenvalue weighted by Crippen LogP contribution is 2.61. The first kappa shape index (κ1) is 58.4. The minimum absolute atomic E-state index is 0.0218. The van der Waals surface area contributed by atoms with Crippen molar-refractivity contribution in [1.29, 1.82) is 0 Å². The first-order valence-electron chi connectivity index (χ1n) is 26.0. The molecule has 0 aromatic heterocycles. The van der Waals surface area contributed by atoms with E-state index in [1.165, 1.54) is 44.0 Å². The van der Waals surface area contributed by atoms with E-state index in [-0.39, 0.29) is 60.6 Å². The minimum atomic E-state index is -5.24. The summed E-state index contributed by atoms with van der Waals surface area (Å²) in [6.07, 6.45) is 10.5. The van der Waals surface area contributed by atoms with Crippen molar-refractivity contribution in [2.45, 2.75) is 103 Å². The zero-order valence-corrected chi connectivity index (χ0v) is 46.8. The third kappa shape index (κ3) is 13.9. The maximum Gasteiger partial charge on any atom is 0.341 e. The Morgan fingerprint density at radius 1 is 0.855 bits per heavy atom. The van der Waals surface area contributed by atoms with E-state index in [1.54, 1.807) is 0 Å². The molecule has 1 heterocycles. The molecule has 5 aromatic carbocycles. The predicted molar refractivity (Wildman–Crippen MR) is 302 cm³/mol. The van der Waals surface area contributed by atoms with Gasteiger partial charge in [0.05, 0.1) is 25.4 Å². The largest absolute Gasteiger partial charge is 0.378 e. The molecule has 2 atom stereocenters. The molecule has 15 nitrogen and oxygen atoms in total. The van der Waals surface area contributed by atoms with Gasteiger partial charge in [-0.05, 0) is 136 Å². The van der Waals surface area contributed by atoms with Gasteiger partial charge in [0.1, 0.15) is 0 Å². The highest BCUT2D eigenvalue weighted by Gasteiger charge is 2.45. The van der Waals surface area contributed by atoms with Gasteiger partial charge in [-0.2, -0.15) is 8.42 Å². The Morgan fingerprint density at radius 3 is 2.13 bits per heavy atom. The van der Waals surface area contributed by atoms with Crippen LogP contribution < -0.4 is 15.5 Å². The topological polar surface area (TPSA) is 240 Å². The third-order valence-electron chi connectivity index (χ3n) is 15.3. The Balaban J connectivity index is 1.13. The Hall–Kier alpha value is -5.25.